The number of nitro benzene ring substituents is 2. The predicted octanol–water partition coefficient (Wildman–Crippen LogP) is 3.79. The van der Waals surface area contributed by atoms with Crippen molar-refractivity contribution in [3.8, 4) is 0 Å². The largest absolute Gasteiger partial charge is 0.294 e. The van der Waals surface area contributed by atoms with Crippen LogP contribution in [-0.2, 0) is 0 Å². The second-order valence-corrected chi connectivity index (χ2v) is 4.68. The SMILES string of the molecule is O=C(CC=Cc1ccc([N+](=O)[O-])cc1)c1ccc([N+](=O)[O-])cc1. The van der Waals surface area contributed by atoms with Crippen molar-refractivity contribution in [1.29, 1.82) is 0 Å². The number of ketones is 1. The van der Waals surface area contributed by atoms with Crippen LogP contribution in [0.25, 0.3) is 6.08 Å². The number of nitrogens with zero attached hydrogens (tertiary/aromatic N) is 2. The summed E-state index contributed by atoms with van der Waals surface area (Å²) in [6, 6.07) is 11.4. The van der Waals surface area contributed by atoms with Gasteiger partial charge in [-0.3, -0.25) is 25.0 Å². The average Bonchev–Trinajstić information content (AvgIpc) is 2.55. The van der Waals surface area contributed by atoms with Crippen molar-refractivity contribution in [2.45, 2.75) is 6.42 Å². The molecule has 0 aromatic heterocycles. The molecule has 7 heteroatoms. The van der Waals surface area contributed by atoms with Gasteiger partial charge in [0, 0.05) is 36.2 Å². The number of non-ortho nitro benzene ring substituents is 2. The van der Waals surface area contributed by atoms with Gasteiger partial charge in [0.15, 0.2) is 5.78 Å². The van der Waals surface area contributed by atoms with Crippen LogP contribution < -0.4 is 0 Å². The van der Waals surface area contributed by atoms with E-state index in [1.54, 1.807) is 24.3 Å². The first-order valence-corrected chi connectivity index (χ1v) is 6.66. The number of carbonyl (C=O) groups is 1. The van der Waals surface area contributed by atoms with E-state index in [1.807, 2.05) is 0 Å². The zero-order valence-corrected chi connectivity index (χ0v) is 11.9. The molecule has 0 bridgehead atoms. The van der Waals surface area contributed by atoms with Crippen LogP contribution in [0, 0.1) is 20.2 Å². The summed E-state index contributed by atoms with van der Waals surface area (Å²) in [4.78, 5) is 32.0. The molecule has 2 aromatic rings. The maximum atomic E-state index is 11.9. The van der Waals surface area contributed by atoms with Crippen LogP contribution >= 0.6 is 0 Å². The van der Waals surface area contributed by atoms with Gasteiger partial charge in [-0.05, 0) is 29.8 Å². The van der Waals surface area contributed by atoms with E-state index in [9.17, 15) is 25.0 Å². The first kappa shape index (κ1) is 16.0. The van der Waals surface area contributed by atoms with E-state index < -0.39 is 9.85 Å². The topological polar surface area (TPSA) is 103 Å². The van der Waals surface area contributed by atoms with Crippen molar-refractivity contribution in [3.05, 3.63) is 86.0 Å². The van der Waals surface area contributed by atoms with Crippen molar-refractivity contribution in [1.82, 2.24) is 0 Å². The Labute approximate surface area is 131 Å². The van der Waals surface area contributed by atoms with Crippen molar-refractivity contribution in [2.75, 3.05) is 0 Å². The fourth-order valence-electron chi connectivity index (χ4n) is 1.90. The molecule has 0 heterocycles. The van der Waals surface area contributed by atoms with Gasteiger partial charge < -0.3 is 0 Å². The Morgan fingerprint density at radius 3 is 1.83 bits per heavy atom. The first-order valence-electron chi connectivity index (χ1n) is 6.66. The molecule has 0 unspecified atom stereocenters. The Morgan fingerprint density at radius 2 is 1.35 bits per heavy atom. The Hall–Kier alpha value is -3.35. The minimum Gasteiger partial charge on any atom is -0.294 e. The lowest BCUT2D eigenvalue weighted by molar-refractivity contribution is -0.385. The maximum Gasteiger partial charge on any atom is 0.269 e. The Kier molecular flexibility index (Phi) is 4.93. The molecule has 2 rings (SSSR count). The van der Waals surface area contributed by atoms with Crippen molar-refractivity contribution >= 4 is 23.2 Å². The number of Topliss-reactive ketones (excluding diaryl/α,β-unsaturated/α-hetero) is 1. The summed E-state index contributed by atoms with van der Waals surface area (Å²) < 4.78 is 0. The second-order valence-electron chi connectivity index (χ2n) is 4.68. The number of carbonyl (C=O) groups excluding carboxylic acids is 1. The molecule has 0 radical (unpaired) electrons. The van der Waals surface area contributed by atoms with E-state index in [0.29, 0.717) is 5.56 Å². The van der Waals surface area contributed by atoms with Crippen molar-refractivity contribution in [3.63, 3.8) is 0 Å². The number of rotatable bonds is 6. The zero-order valence-electron chi connectivity index (χ0n) is 11.9. The highest BCUT2D eigenvalue weighted by atomic mass is 16.6. The number of hydrogen-bond acceptors (Lipinski definition) is 5. The monoisotopic (exact) mass is 312 g/mol. The van der Waals surface area contributed by atoms with Gasteiger partial charge in [-0.15, -0.1) is 0 Å². The quantitative estimate of drug-likeness (QED) is 0.458. The Morgan fingerprint density at radius 1 is 0.870 bits per heavy atom. The fraction of sp³-hybridized carbons (Fsp3) is 0.0625. The third kappa shape index (κ3) is 4.31. The lowest BCUT2D eigenvalue weighted by Gasteiger charge is -1.98. The molecule has 116 valence electrons. The molecule has 0 aliphatic carbocycles. The molecular formula is C16H12N2O5. The summed E-state index contributed by atoms with van der Waals surface area (Å²) in [6.07, 6.45) is 3.47. The summed E-state index contributed by atoms with van der Waals surface area (Å²) in [7, 11) is 0. The second kappa shape index (κ2) is 7.08. The van der Waals surface area contributed by atoms with Crippen LogP contribution in [0.3, 0.4) is 0 Å². The minimum absolute atomic E-state index is 0.00380. The first-order chi connectivity index (χ1) is 11.0. The van der Waals surface area contributed by atoms with Gasteiger partial charge in [-0.25, -0.2) is 0 Å². The van der Waals surface area contributed by atoms with Gasteiger partial charge in [-0.2, -0.15) is 0 Å². The minimum atomic E-state index is -0.525. The van der Waals surface area contributed by atoms with E-state index in [4.69, 9.17) is 0 Å². The molecule has 0 atom stereocenters. The molecule has 0 N–H and O–H groups in total. The van der Waals surface area contributed by atoms with Crippen LogP contribution in [0.5, 0.6) is 0 Å². The summed E-state index contributed by atoms with van der Waals surface area (Å²) in [5, 5.41) is 21.1. The van der Waals surface area contributed by atoms with Crippen LogP contribution in [0.4, 0.5) is 11.4 Å². The molecule has 0 aliphatic heterocycles. The molecular weight excluding hydrogens is 300 g/mol. The molecule has 2 aromatic carbocycles. The molecule has 23 heavy (non-hydrogen) atoms. The van der Waals surface area contributed by atoms with Crippen LogP contribution in [0.15, 0.2) is 54.6 Å². The predicted molar refractivity (Wildman–Crippen MR) is 84.2 cm³/mol. The zero-order chi connectivity index (χ0) is 16.8. The van der Waals surface area contributed by atoms with E-state index in [1.165, 1.54) is 36.4 Å². The lowest BCUT2D eigenvalue weighted by atomic mass is 10.1. The molecule has 7 nitrogen and oxygen atoms in total. The van der Waals surface area contributed by atoms with Crippen LogP contribution in [0.1, 0.15) is 22.3 Å². The summed E-state index contributed by atoms with van der Waals surface area (Å²) in [6.45, 7) is 0. The normalized spacial score (nSPS) is 10.6. The third-order valence-electron chi connectivity index (χ3n) is 3.12. The molecule has 0 fully saturated rings. The lowest BCUT2D eigenvalue weighted by Crippen LogP contribution is -1.97. The highest BCUT2D eigenvalue weighted by Crippen LogP contribution is 2.15. The molecule has 0 saturated carbocycles. The van der Waals surface area contributed by atoms with Crippen molar-refractivity contribution < 1.29 is 14.6 Å². The van der Waals surface area contributed by atoms with Crippen molar-refractivity contribution in [2.24, 2.45) is 0 Å². The number of nitro groups is 2. The van der Waals surface area contributed by atoms with Gasteiger partial charge >= 0.3 is 0 Å². The molecule has 0 spiro atoms. The van der Waals surface area contributed by atoms with Gasteiger partial charge in [0.05, 0.1) is 9.85 Å². The molecule has 0 aliphatic rings. The standard InChI is InChI=1S/C16H12N2O5/c19-16(13-6-10-15(11-7-13)18(22)23)3-1-2-12-4-8-14(9-5-12)17(20)21/h1-2,4-11H,3H2. The third-order valence-corrected chi connectivity index (χ3v) is 3.12. The summed E-state index contributed by atoms with van der Waals surface area (Å²) >= 11 is 0. The molecule has 0 amide bonds. The Bertz CT molecular complexity index is 764. The van der Waals surface area contributed by atoms with Gasteiger partial charge in [0.25, 0.3) is 11.4 Å². The highest BCUT2D eigenvalue weighted by Gasteiger charge is 2.08. The smallest absolute Gasteiger partial charge is 0.269 e. The van der Waals surface area contributed by atoms with Crippen LogP contribution in [0.2, 0.25) is 0 Å². The maximum absolute atomic E-state index is 11.9. The van der Waals surface area contributed by atoms with Gasteiger partial charge in [0.1, 0.15) is 0 Å². The molecule has 0 saturated heterocycles. The number of hydrogen-bond donors (Lipinski definition) is 0. The fourth-order valence-corrected chi connectivity index (χ4v) is 1.90. The van der Waals surface area contributed by atoms with E-state index in [-0.39, 0.29) is 23.6 Å². The number of benzene rings is 2. The summed E-state index contributed by atoms with van der Waals surface area (Å²) in [5.41, 5.74) is 1.07. The average molecular weight is 312 g/mol. The van der Waals surface area contributed by atoms with E-state index in [2.05, 4.69) is 0 Å². The van der Waals surface area contributed by atoms with E-state index in [0.717, 1.165) is 5.56 Å². The highest BCUT2D eigenvalue weighted by molar-refractivity contribution is 5.97. The number of allylic oxidation sites excluding steroid dienone is 1. The van der Waals surface area contributed by atoms with Crippen LogP contribution in [-0.4, -0.2) is 15.6 Å². The van der Waals surface area contributed by atoms with Gasteiger partial charge in [0.2, 0.25) is 0 Å². The summed E-state index contributed by atoms with van der Waals surface area (Å²) in [5.74, 6) is -0.168. The van der Waals surface area contributed by atoms with Gasteiger partial charge in [-0.1, -0.05) is 12.2 Å². The van der Waals surface area contributed by atoms with E-state index >= 15 is 0 Å². The Balaban J connectivity index is 1.97.